The fourth-order valence-electron chi connectivity index (χ4n) is 6.63. The van der Waals surface area contributed by atoms with Gasteiger partial charge in [-0.15, -0.1) is 0 Å². The SMILES string of the molecule is CC1C(N=Cc2c[nH]c3ccccc23)C(=O)N(c2ccccc2)N1C.Cc1c(N/C=C2/C=NC3C=CC=CC23)c(=O)n(-c2ccccc2)n1C.O=[N+](O)O.O=[N+](O)O.[Cu+2]. The Balaban J connectivity index is 0.000000218. The second-order valence-electron chi connectivity index (χ2n) is 13.1. The van der Waals surface area contributed by atoms with Crippen LogP contribution in [0.15, 0.2) is 142 Å². The van der Waals surface area contributed by atoms with E-state index in [-0.39, 0.29) is 46.5 Å². The van der Waals surface area contributed by atoms with Gasteiger partial charge in [0, 0.05) is 61.3 Å². The summed E-state index contributed by atoms with van der Waals surface area (Å²) in [6.45, 7) is 3.97. The molecule has 1 radical (unpaired) electrons. The van der Waals surface area contributed by atoms with Gasteiger partial charge in [-0.05, 0) is 49.8 Å². The molecule has 8 rings (SSSR count). The fourth-order valence-corrected chi connectivity index (χ4v) is 6.63. The van der Waals surface area contributed by atoms with Gasteiger partial charge in [0.1, 0.15) is 21.5 Å². The minimum atomic E-state index is -1.25. The molecule has 59 heavy (non-hydrogen) atoms. The van der Waals surface area contributed by atoms with Crippen molar-refractivity contribution in [1.82, 2.24) is 19.4 Å². The minimum absolute atomic E-state index is 0. The van der Waals surface area contributed by atoms with E-state index in [2.05, 4.69) is 38.5 Å². The van der Waals surface area contributed by atoms with E-state index >= 15 is 0 Å². The van der Waals surface area contributed by atoms with Gasteiger partial charge < -0.3 is 10.3 Å². The van der Waals surface area contributed by atoms with Gasteiger partial charge in [-0.1, -0.05) is 78.9 Å². The summed E-state index contributed by atoms with van der Waals surface area (Å²) >= 11 is 0. The van der Waals surface area contributed by atoms with Crippen molar-refractivity contribution < 1.29 is 52.9 Å². The number of rotatable bonds is 6. The van der Waals surface area contributed by atoms with Crippen molar-refractivity contribution in [2.45, 2.75) is 32.0 Å². The minimum Gasteiger partial charge on any atom is -0.361 e. The van der Waals surface area contributed by atoms with E-state index in [1.807, 2.05) is 147 Å². The smallest absolute Gasteiger partial charge is 0.361 e. The molecule has 4 atom stereocenters. The number of H-pyrrole nitrogens is 1. The zero-order valence-corrected chi connectivity index (χ0v) is 33.3. The van der Waals surface area contributed by atoms with Crippen molar-refractivity contribution in [2.75, 3.05) is 17.4 Å². The van der Waals surface area contributed by atoms with Crippen LogP contribution in [0.5, 0.6) is 0 Å². The van der Waals surface area contributed by atoms with Gasteiger partial charge in [0.15, 0.2) is 0 Å². The summed E-state index contributed by atoms with van der Waals surface area (Å²) in [7, 11) is 3.82. The number of likely N-dealkylation sites (N-methyl/N-ethyl adjacent to an activating group) is 1. The molecule has 0 saturated carbocycles. The first-order valence-corrected chi connectivity index (χ1v) is 17.9. The van der Waals surface area contributed by atoms with Gasteiger partial charge >= 0.3 is 27.2 Å². The Hall–Kier alpha value is -7.08. The Bertz CT molecular complexity index is 2440. The average molecular weight is 856 g/mol. The van der Waals surface area contributed by atoms with E-state index < -0.39 is 16.2 Å². The van der Waals surface area contributed by atoms with E-state index in [1.165, 1.54) is 0 Å². The number of aromatic nitrogens is 3. The summed E-state index contributed by atoms with van der Waals surface area (Å²) < 4.78 is 3.54. The van der Waals surface area contributed by atoms with Gasteiger partial charge in [0.05, 0.1) is 29.2 Å². The molecular weight excluding hydrogens is 812 g/mol. The zero-order chi connectivity index (χ0) is 41.9. The predicted octanol–water partition coefficient (Wildman–Crippen LogP) is 5.30. The number of hydrogen-bond acceptors (Lipinski definition) is 8. The Morgan fingerprint density at radius 3 is 2.07 bits per heavy atom. The van der Waals surface area contributed by atoms with E-state index in [4.69, 9.17) is 30.6 Å². The van der Waals surface area contributed by atoms with Crippen molar-refractivity contribution in [2.24, 2.45) is 23.0 Å². The number of carbonyl (C=O) groups is 1. The molecule has 1 fully saturated rings. The number of hydrazine groups is 1. The van der Waals surface area contributed by atoms with Crippen LogP contribution >= 0.6 is 0 Å². The van der Waals surface area contributed by atoms with Gasteiger partial charge in [-0.2, -0.15) is 0 Å². The third-order valence-corrected chi connectivity index (χ3v) is 9.64. The van der Waals surface area contributed by atoms with E-state index in [1.54, 1.807) is 15.9 Å². The molecule has 0 spiro atoms. The van der Waals surface area contributed by atoms with Crippen LogP contribution in [0.3, 0.4) is 0 Å². The number of para-hydroxylation sites is 3. The number of aromatic amines is 1. The van der Waals surface area contributed by atoms with Crippen molar-refractivity contribution >= 4 is 40.6 Å². The van der Waals surface area contributed by atoms with Crippen LogP contribution in [0.4, 0.5) is 11.4 Å². The van der Waals surface area contributed by atoms with Gasteiger partial charge in [-0.3, -0.25) is 24.3 Å². The molecule has 0 bridgehead atoms. The summed E-state index contributed by atoms with van der Waals surface area (Å²) in [5, 5.41) is 33.0. The first-order valence-electron chi connectivity index (χ1n) is 17.9. The number of allylic oxidation sites excluding steroid dienone is 2. The fraction of sp³-hybridized carbons (Fsp3) is 0.200. The number of amides is 1. The van der Waals surface area contributed by atoms with E-state index in [0.29, 0.717) is 5.69 Å². The molecule has 1 amide bonds. The molecule has 6 N–H and O–H groups in total. The summed E-state index contributed by atoms with van der Waals surface area (Å²) in [6, 6.07) is 27.2. The summed E-state index contributed by atoms with van der Waals surface area (Å²) in [4.78, 5) is 55.1. The number of nitrogens with one attached hydrogen (secondary N) is 2. The van der Waals surface area contributed by atoms with Crippen LogP contribution in [0.25, 0.3) is 16.6 Å². The van der Waals surface area contributed by atoms with Crippen LogP contribution in [-0.4, -0.2) is 93.9 Å². The number of hydrogen-bond donors (Lipinski definition) is 6. The molecule has 4 heterocycles. The third-order valence-electron chi connectivity index (χ3n) is 9.64. The first kappa shape index (κ1) is 44.6. The monoisotopic (exact) mass is 855 g/mol. The van der Waals surface area contributed by atoms with E-state index in [9.17, 15) is 9.59 Å². The molecule has 2 aliphatic heterocycles. The maximum Gasteiger partial charge on any atom is 2.00 e. The maximum atomic E-state index is 12.9. The zero-order valence-electron chi connectivity index (χ0n) is 32.3. The molecule has 19 heteroatoms. The largest absolute Gasteiger partial charge is 2.00 e. The van der Waals surface area contributed by atoms with Crippen LogP contribution in [0.2, 0.25) is 0 Å². The summed E-state index contributed by atoms with van der Waals surface area (Å²) in [6.07, 6.45) is 15.8. The Morgan fingerprint density at radius 1 is 0.847 bits per heavy atom. The molecule has 18 nitrogen and oxygen atoms in total. The van der Waals surface area contributed by atoms with Crippen LogP contribution in [-0.2, 0) is 28.9 Å². The van der Waals surface area contributed by atoms with Crippen molar-refractivity contribution in [3.63, 3.8) is 0 Å². The average Bonchev–Trinajstić information content (AvgIpc) is 3.92. The summed E-state index contributed by atoms with van der Waals surface area (Å²) in [5.74, 6) is 0.246. The van der Waals surface area contributed by atoms with Gasteiger partial charge in [0.25, 0.3) is 11.5 Å². The molecule has 3 aromatic carbocycles. The normalized spacial score (nSPS) is 19.6. The molecular formula is C40H44CuN10O8+4. The Kier molecular flexibility index (Phi) is 15.4. The van der Waals surface area contributed by atoms with Crippen molar-refractivity contribution in [1.29, 1.82) is 0 Å². The number of benzene rings is 3. The standard InChI is InChI=1S/2C20H20N4O.Cu.2H2NO3/c2*1-14-19(20(25)24(23(14)2)16-8-4-3-5-9-16)22-13-15-12-21-18-11-7-6-10-17(15)18;;2*2-1(3)4/h3-13,17-18,22H,1-2H3;3-14,19,21H,1-2H3;;2*(H2,2,3,4)/q;;+2;2*+1/b15-13-;;;;. The number of fused-ring (bicyclic) bond motifs is 2. The second-order valence-corrected chi connectivity index (χ2v) is 13.1. The summed E-state index contributed by atoms with van der Waals surface area (Å²) in [5.41, 5.74) is 6.28. The van der Waals surface area contributed by atoms with E-state index in [0.717, 1.165) is 39.1 Å². The van der Waals surface area contributed by atoms with Crippen molar-refractivity contribution in [3.05, 3.63) is 159 Å². The van der Waals surface area contributed by atoms with Gasteiger partial charge in [0.2, 0.25) is 0 Å². The quantitative estimate of drug-likeness (QED) is 0.0735. The molecule has 309 valence electrons. The van der Waals surface area contributed by atoms with Crippen LogP contribution < -0.4 is 15.9 Å². The molecule has 3 aliphatic rings. The maximum absolute atomic E-state index is 12.9. The molecule has 1 aliphatic carbocycles. The molecule has 5 aromatic rings. The molecule has 2 aromatic heterocycles. The van der Waals surface area contributed by atoms with Crippen molar-refractivity contribution in [3.8, 4) is 5.69 Å². The Morgan fingerprint density at radius 2 is 1.42 bits per heavy atom. The molecule has 1 saturated heterocycles. The van der Waals surface area contributed by atoms with Crippen LogP contribution in [0, 0.1) is 22.7 Å². The topological polar surface area (TPSA) is 224 Å². The first-order chi connectivity index (χ1) is 27.8. The third kappa shape index (κ3) is 10.7. The number of nitrogens with zero attached hydrogens (tertiary/aromatic N) is 8. The number of aliphatic imine (C=N–C) groups is 2. The number of anilines is 2. The number of carbonyl (C=O) groups excluding carboxylic acids is 1. The van der Waals surface area contributed by atoms with Gasteiger partial charge in [-0.25, -0.2) is 35.5 Å². The molecule has 4 unspecified atom stereocenters. The predicted molar refractivity (Wildman–Crippen MR) is 217 cm³/mol. The Labute approximate surface area is 348 Å². The van der Waals surface area contributed by atoms with Crippen LogP contribution in [0.1, 0.15) is 18.2 Å². The second kappa shape index (κ2) is 20.4.